The van der Waals surface area contributed by atoms with Crippen molar-refractivity contribution >= 4 is 11.9 Å². The monoisotopic (exact) mass is 457 g/mol. The van der Waals surface area contributed by atoms with Crippen LogP contribution in [0.3, 0.4) is 0 Å². The highest BCUT2D eigenvalue weighted by atomic mass is 16.4. The minimum atomic E-state index is -0.913. The molecule has 0 radical (unpaired) electrons. The Morgan fingerprint density at radius 1 is 1.24 bits per heavy atom. The van der Waals surface area contributed by atoms with Gasteiger partial charge in [-0.3, -0.25) is 14.6 Å². The molecule has 2 fully saturated rings. The molecule has 0 saturated carbocycles. The minimum absolute atomic E-state index is 0.0878. The van der Waals surface area contributed by atoms with Gasteiger partial charge in [0.1, 0.15) is 6.54 Å². The number of carbonyl (C=O) groups is 2. The predicted octanol–water partition coefficient (Wildman–Crippen LogP) is 2.71. The molecule has 3 N–H and O–H groups in total. The number of fused-ring (bicyclic) bond motifs is 2. The molecular weight excluding hydrogens is 418 g/mol. The highest BCUT2D eigenvalue weighted by Gasteiger charge is 2.45. The number of benzene rings is 1. The van der Waals surface area contributed by atoms with Crippen LogP contribution in [0.4, 0.5) is 0 Å². The number of hydrogen-bond donors (Lipinski definition) is 2. The number of aromatic carboxylic acids is 1. The van der Waals surface area contributed by atoms with Crippen LogP contribution < -0.4 is 5.73 Å². The molecular formula is C25H39N5O3. The number of hydrogen-bond acceptors (Lipinski definition) is 6. The topological polar surface area (TPSA) is 114 Å². The Kier molecular flexibility index (Phi) is 10.3. The fourth-order valence-corrected chi connectivity index (χ4v) is 4.84. The highest BCUT2D eigenvalue weighted by molar-refractivity contribution is 5.87. The van der Waals surface area contributed by atoms with E-state index in [1.807, 2.05) is 26.0 Å². The fraction of sp³-hybridized carbons (Fsp3) is 0.640. The van der Waals surface area contributed by atoms with E-state index in [4.69, 9.17) is 16.1 Å². The van der Waals surface area contributed by atoms with E-state index in [9.17, 15) is 9.59 Å². The van der Waals surface area contributed by atoms with E-state index in [1.165, 1.54) is 0 Å². The zero-order chi connectivity index (χ0) is 24.5. The highest BCUT2D eigenvalue weighted by Crippen LogP contribution is 2.36. The number of nitrogens with two attached hydrogens (primary N) is 1. The average Bonchev–Trinajstić information content (AvgIpc) is 3.42. The van der Waals surface area contributed by atoms with Gasteiger partial charge in [0.2, 0.25) is 5.91 Å². The summed E-state index contributed by atoms with van der Waals surface area (Å²) in [5.41, 5.74) is 7.66. The van der Waals surface area contributed by atoms with Gasteiger partial charge in [0, 0.05) is 44.3 Å². The van der Waals surface area contributed by atoms with Crippen LogP contribution in [0.15, 0.2) is 24.3 Å². The van der Waals surface area contributed by atoms with Gasteiger partial charge in [-0.25, -0.2) is 4.79 Å². The molecule has 1 aromatic rings. The van der Waals surface area contributed by atoms with Crippen LogP contribution in [-0.4, -0.2) is 82.5 Å². The van der Waals surface area contributed by atoms with Crippen molar-refractivity contribution in [2.24, 2.45) is 5.73 Å². The minimum Gasteiger partial charge on any atom is -0.478 e. The molecule has 2 heterocycles. The van der Waals surface area contributed by atoms with Crippen LogP contribution in [0, 0.1) is 11.3 Å². The largest absolute Gasteiger partial charge is 0.478 e. The third kappa shape index (κ3) is 6.53. The van der Waals surface area contributed by atoms with Crippen molar-refractivity contribution in [1.82, 2.24) is 14.7 Å². The van der Waals surface area contributed by atoms with Gasteiger partial charge in [-0.2, -0.15) is 5.26 Å². The van der Waals surface area contributed by atoms with Gasteiger partial charge < -0.3 is 15.7 Å². The summed E-state index contributed by atoms with van der Waals surface area (Å²) < 4.78 is 0. The van der Waals surface area contributed by atoms with Gasteiger partial charge >= 0.3 is 5.97 Å². The molecule has 2 aliphatic heterocycles. The fourth-order valence-electron chi connectivity index (χ4n) is 4.84. The van der Waals surface area contributed by atoms with Crippen LogP contribution in [-0.2, 0) is 4.79 Å². The van der Waals surface area contributed by atoms with E-state index in [2.05, 4.69) is 29.7 Å². The van der Waals surface area contributed by atoms with Crippen LogP contribution >= 0.6 is 0 Å². The van der Waals surface area contributed by atoms with Crippen LogP contribution in [0.1, 0.15) is 68.9 Å². The Hall–Kier alpha value is -2.47. The van der Waals surface area contributed by atoms with Crippen molar-refractivity contribution in [2.75, 3.05) is 32.7 Å². The number of carboxylic acids is 1. The van der Waals surface area contributed by atoms with E-state index in [0.717, 1.165) is 37.9 Å². The lowest BCUT2D eigenvalue weighted by Crippen LogP contribution is -2.54. The zero-order valence-corrected chi connectivity index (χ0v) is 20.4. The summed E-state index contributed by atoms with van der Waals surface area (Å²) in [7, 11) is 0. The molecule has 1 amide bonds. The number of likely N-dealkylation sites (tertiary alicyclic amines) is 2. The predicted molar refractivity (Wildman–Crippen MR) is 129 cm³/mol. The number of carboxylic acid groups (broad SMARTS) is 1. The van der Waals surface area contributed by atoms with Gasteiger partial charge in [-0.15, -0.1) is 0 Å². The first-order valence-electron chi connectivity index (χ1n) is 12.1. The van der Waals surface area contributed by atoms with Crippen LogP contribution in [0.2, 0.25) is 0 Å². The van der Waals surface area contributed by atoms with Gasteiger partial charge in [0.15, 0.2) is 0 Å². The molecule has 3 rings (SSSR count). The summed E-state index contributed by atoms with van der Waals surface area (Å²) in [4.78, 5) is 30.2. The maximum absolute atomic E-state index is 12.7. The quantitative estimate of drug-likeness (QED) is 0.519. The normalized spacial score (nSPS) is 21.6. The summed E-state index contributed by atoms with van der Waals surface area (Å²) in [6.45, 7) is 11.2. The maximum atomic E-state index is 12.7. The first-order valence-corrected chi connectivity index (χ1v) is 12.1. The molecule has 0 aromatic heterocycles. The van der Waals surface area contributed by atoms with Crippen molar-refractivity contribution < 1.29 is 14.7 Å². The van der Waals surface area contributed by atoms with Crippen LogP contribution in [0.5, 0.6) is 0 Å². The second-order valence-electron chi connectivity index (χ2n) is 8.68. The molecule has 182 valence electrons. The standard InChI is InChI=1S/C23H33N5O3.C2H6/c1-3-4-10-26(11-9-24)22(29)21(25)15-27-13-20-12-19(27)14-28(20)16(2)17-5-7-18(8-6-17)23(30)31;1-2/h5-8,16,19-21H,3-4,10-15,25H2,1-2H3,(H,30,31);1-2H3/t16-,19?,20?,21-;/m0./s1. The third-order valence-corrected chi connectivity index (χ3v) is 6.64. The molecule has 4 atom stereocenters. The van der Waals surface area contributed by atoms with Crippen molar-refractivity contribution in [1.29, 1.82) is 5.26 Å². The number of amides is 1. The smallest absolute Gasteiger partial charge is 0.335 e. The Morgan fingerprint density at radius 2 is 1.91 bits per heavy atom. The lowest BCUT2D eigenvalue weighted by Gasteiger charge is -2.38. The molecule has 0 aliphatic carbocycles. The summed E-state index contributed by atoms with van der Waals surface area (Å²) in [5.74, 6) is -1.05. The lowest BCUT2D eigenvalue weighted by molar-refractivity contribution is -0.132. The number of nitriles is 1. The Labute approximate surface area is 197 Å². The molecule has 8 heteroatoms. The van der Waals surface area contributed by atoms with E-state index in [0.29, 0.717) is 30.7 Å². The van der Waals surface area contributed by atoms with Crippen molar-refractivity contribution in [3.8, 4) is 6.07 Å². The maximum Gasteiger partial charge on any atom is 0.335 e. The molecule has 1 aromatic carbocycles. The van der Waals surface area contributed by atoms with E-state index in [1.54, 1.807) is 17.0 Å². The number of nitrogens with zero attached hydrogens (tertiary/aromatic N) is 4. The van der Waals surface area contributed by atoms with Gasteiger partial charge in [-0.05, 0) is 37.5 Å². The number of piperazine rings is 1. The number of unbranched alkanes of at least 4 members (excludes halogenated alkanes) is 1. The first kappa shape index (κ1) is 26.8. The molecule has 2 aliphatic rings. The number of carbonyl (C=O) groups excluding carboxylic acids is 1. The third-order valence-electron chi connectivity index (χ3n) is 6.64. The summed E-state index contributed by atoms with van der Waals surface area (Å²) in [5, 5.41) is 18.1. The molecule has 33 heavy (non-hydrogen) atoms. The summed E-state index contributed by atoms with van der Waals surface area (Å²) >= 11 is 0. The first-order chi connectivity index (χ1) is 15.8. The zero-order valence-electron chi connectivity index (χ0n) is 20.4. The van der Waals surface area contributed by atoms with Crippen molar-refractivity contribution in [3.05, 3.63) is 35.4 Å². The second kappa shape index (κ2) is 12.7. The molecule has 2 unspecified atom stereocenters. The average molecular weight is 458 g/mol. The summed E-state index contributed by atoms with van der Waals surface area (Å²) in [6.07, 6.45) is 2.89. The van der Waals surface area contributed by atoms with Crippen molar-refractivity contribution in [3.63, 3.8) is 0 Å². The molecule has 8 nitrogen and oxygen atoms in total. The second-order valence-corrected chi connectivity index (χ2v) is 8.68. The summed E-state index contributed by atoms with van der Waals surface area (Å²) in [6, 6.07) is 9.54. The number of rotatable bonds is 10. The Balaban J connectivity index is 0.00000187. The van der Waals surface area contributed by atoms with E-state index < -0.39 is 12.0 Å². The Morgan fingerprint density at radius 3 is 2.42 bits per heavy atom. The molecule has 2 saturated heterocycles. The molecule has 2 bridgehead atoms. The van der Waals surface area contributed by atoms with E-state index >= 15 is 0 Å². The van der Waals surface area contributed by atoms with Gasteiger partial charge in [0.05, 0.1) is 17.7 Å². The van der Waals surface area contributed by atoms with Gasteiger partial charge in [-0.1, -0.05) is 39.3 Å². The molecule has 0 spiro atoms. The van der Waals surface area contributed by atoms with Crippen LogP contribution in [0.25, 0.3) is 0 Å². The van der Waals surface area contributed by atoms with Gasteiger partial charge in [0.25, 0.3) is 0 Å². The SMILES string of the molecule is CC.CCCCN(CC#N)C(=O)[C@@H](N)CN1CC2CC1CN2[C@@H](C)c1ccc(C(=O)O)cc1. The Bertz CT molecular complexity index is 822. The van der Waals surface area contributed by atoms with Crippen molar-refractivity contribution in [2.45, 2.75) is 71.1 Å². The lowest BCUT2D eigenvalue weighted by atomic mass is 10.0. The van der Waals surface area contributed by atoms with E-state index in [-0.39, 0.29) is 18.5 Å².